The fourth-order valence-electron chi connectivity index (χ4n) is 1.92. The number of nitrogens with one attached hydrogen (secondary N) is 1. The Bertz CT molecular complexity index is 308. The fourth-order valence-corrected chi connectivity index (χ4v) is 1.92. The summed E-state index contributed by atoms with van der Waals surface area (Å²) in [4.78, 5) is 0. The van der Waals surface area contributed by atoms with Gasteiger partial charge in [-0.3, -0.25) is 0 Å². The molecular weight excluding hydrogens is 206 g/mol. The third-order valence-electron chi connectivity index (χ3n) is 2.82. The lowest BCUT2D eigenvalue weighted by Crippen LogP contribution is -2.25. The highest BCUT2D eigenvalue weighted by molar-refractivity contribution is 4.80. The van der Waals surface area contributed by atoms with Gasteiger partial charge in [0.1, 0.15) is 0 Å². The largest absolute Gasteiger partial charge is 0.381 e. The van der Waals surface area contributed by atoms with Gasteiger partial charge in [0.2, 0.25) is 0 Å². The maximum Gasteiger partial charge on any atom is 0.165 e. The van der Waals surface area contributed by atoms with Crippen LogP contribution in [0.15, 0.2) is 0 Å². The molecule has 0 bridgehead atoms. The first kappa shape index (κ1) is 11.5. The van der Waals surface area contributed by atoms with Crippen LogP contribution in [0.4, 0.5) is 0 Å². The Hall–Kier alpha value is -1.01. The molecule has 0 spiro atoms. The molecule has 0 amide bonds. The second-order valence-electron chi connectivity index (χ2n) is 4.14. The van der Waals surface area contributed by atoms with Gasteiger partial charge in [-0.1, -0.05) is 6.92 Å². The Balaban J connectivity index is 1.89. The van der Waals surface area contributed by atoms with E-state index in [4.69, 9.17) is 4.74 Å². The van der Waals surface area contributed by atoms with Crippen molar-refractivity contribution in [3.05, 3.63) is 5.82 Å². The highest BCUT2D eigenvalue weighted by atomic mass is 16.5. The van der Waals surface area contributed by atoms with E-state index in [0.29, 0.717) is 5.92 Å². The SMILES string of the molecule is CCNCc1nnnn1CC1CCCOC1. The quantitative estimate of drug-likeness (QED) is 0.776. The lowest BCUT2D eigenvalue weighted by Gasteiger charge is -2.21. The molecule has 1 saturated heterocycles. The van der Waals surface area contributed by atoms with Crippen LogP contribution in [0.25, 0.3) is 0 Å². The molecule has 1 aromatic rings. The van der Waals surface area contributed by atoms with Crippen LogP contribution in [-0.2, 0) is 17.8 Å². The molecule has 0 radical (unpaired) electrons. The Morgan fingerprint density at radius 1 is 1.56 bits per heavy atom. The van der Waals surface area contributed by atoms with Crippen molar-refractivity contribution in [3.8, 4) is 0 Å². The Morgan fingerprint density at radius 2 is 2.50 bits per heavy atom. The molecule has 90 valence electrons. The standard InChI is InChI=1S/C10H19N5O/c1-2-11-6-10-12-13-14-15(10)7-9-4-3-5-16-8-9/h9,11H,2-8H2,1H3. The van der Waals surface area contributed by atoms with Crippen LogP contribution in [0.5, 0.6) is 0 Å². The highest BCUT2D eigenvalue weighted by Crippen LogP contribution is 2.15. The molecule has 2 heterocycles. The topological polar surface area (TPSA) is 64.9 Å². The first-order valence-corrected chi connectivity index (χ1v) is 5.93. The minimum Gasteiger partial charge on any atom is -0.381 e. The van der Waals surface area contributed by atoms with Crippen molar-refractivity contribution < 1.29 is 4.74 Å². The molecule has 1 unspecified atom stereocenters. The summed E-state index contributed by atoms with van der Waals surface area (Å²) >= 11 is 0. The number of rotatable bonds is 5. The smallest absolute Gasteiger partial charge is 0.165 e. The maximum absolute atomic E-state index is 5.45. The third-order valence-corrected chi connectivity index (χ3v) is 2.82. The second kappa shape index (κ2) is 5.91. The second-order valence-corrected chi connectivity index (χ2v) is 4.14. The molecule has 1 aliphatic rings. The van der Waals surface area contributed by atoms with Crippen molar-refractivity contribution in [3.63, 3.8) is 0 Å². The van der Waals surface area contributed by atoms with E-state index in [1.54, 1.807) is 0 Å². The van der Waals surface area contributed by atoms with E-state index in [0.717, 1.165) is 45.1 Å². The number of ether oxygens (including phenoxy) is 1. The molecule has 1 aliphatic heterocycles. The van der Waals surface area contributed by atoms with Crippen molar-refractivity contribution >= 4 is 0 Å². The van der Waals surface area contributed by atoms with Crippen LogP contribution in [-0.4, -0.2) is 40.0 Å². The molecule has 1 fully saturated rings. The van der Waals surface area contributed by atoms with Gasteiger partial charge in [0.15, 0.2) is 5.82 Å². The lowest BCUT2D eigenvalue weighted by atomic mass is 10.0. The van der Waals surface area contributed by atoms with Crippen LogP contribution < -0.4 is 5.32 Å². The molecule has 6 heteroatoms. The van der Waals surface area contributed by atoms with Crippen molar-refractivity contribution in [1.29, 1.82) is 0 Å². The summed E-state index contributed by atoms with van der Waals surface area (Å²) in [6.07, 6.45) is 2.36. The molecule has 2 rings (SSSR count). The first-order valence-electron chi connectivity index (χ1n) is 5.93. The van der Waals surface area contributed by atoms with Crippen LogP contribution in [0.1, 0.15) is 25.6 Å². The van der Waals surface area contributed by atoms with Gasteiger partial charge in [0, 0.05) is 19.1 Å². The minimum absolute atomic E-state index is 0.553. The summed E-state index contributed by atoms with van der Waals surface area (Å²) in [6.45, 7) is 6.34. The summed E-state index contributed by atoms with van der Waals surface area (Å²) in [5, 5.41) is 15.0. The van der Waals surface area contributed by atoms with E-state index >= 15 is 0 Å². The monoisotopic (exact) mass is 225 g/mol. The van der Waals surface area contributed by atoms with Crippen LogP contribution >= 0.6 is 0 Å². The summed E-state index contributed by atoms with van der Waals surface area (Å²) in [7, 11) is 0. The molecule has 0 saturated carbocycles. The van der Waals surface area contributed by atoms with Crippen molar-refractivity contribution in [2.24, 2.45) is 5.92 Å². The van der Waals surface area contributed by atoms with Crippen molar-refractivity contribution in [2.45, 2.75) is 32.9 Å². The van der Waals surface area contributed by atoms with E-state index in [2.05, 4.69) is 27.8 Å². The van der Waals surface area contributed by atoms with Gasteiger partial charge in [0.05, 0.1) is 13.2 Å². The molecule has 1 atom stereocenters. The van der Waals surface area contributed by atoms with E-state index in [-0.39, 0.29) is 0 Å². The Labute approximate surface area is 95.4 Å². The van der Waals surface area contributed by atoms with E-state index < -0.39 is 0 Å². The summed E-state index contributed by atoms with van der Waals surface area (Å²) < 4.78 is 7.35. The predicted molar refractivity (Wildman–Crippen MR) is 58.7 cm³/mol. The average Bonchev–Trinajstić information content (AvgIpc) is 2.75. The third kappa shape index (κ3) is 2.99. The summed E-state index contributed by atoms with van der Waals surface area (Å²) in [5.74, 6) is 1.46. The maximum atomic E-state index is 5.45. The fraction of sp³-hybridized carbons (Fsp3) is 0.900. The zero-order valence-electron chi connectivity index (χ0n) is 9.72. The number of hydrogen-bond donors (Lipinski definition) is 1. The van der Waals surface area contributed by atoms with Gasteiger partial charge >= 0.3 is 0 Å². The van der Waals surface area contributed by atoms with Gasteiger partial charge in [-0.25, -0.2) is 4.68 Å². The Morgan fingerprint density at radius 3 is 3.25 bits per heavy atom. The highest BCUT2D eigenvalue weighted by Gasteiger charge is 2.16. The van der Waals surface area contributed by atoms with Gasteiger partial charge in [-0.05, 0) is 29.8 Å². The van der Waals surface area contributed by atoms with E-state index in [1.807, 2.05) is 4.68 Å². The molecule has 16 heavy (non-hydrogen) atoms. The molecule has 1 N–H and O–H groups in total. The molecular formula is C10H19N5O. The van der Waals surface area contributed by atoms with Crippen molar-refractivity contribution in [2.75, 3.05) is 19.8 Å². The number of hydrogen-bond acceptors (Lipinski definition) is 5. The zero-order valence-corrected chi connectivity index (χ0v) is 9.72. The first-order chi connectivity index (χ1) is 7.90. The van der Waals surface area contributed by atoms with E-state index in [1.165, 1.54) is 6.42 Å². The number of aromatic nitrogens is 4. The molecule has 0 aliphatic carbocycles. The van der Waals surface area contributed by atoms with Gasteiger partial charge in [-0.15, -0.1) is 5.10 Å². The van der Waals surface area contributed by atoms with Crippen molar-refractivity contribution in [1.82, 2.24) is 25.5 Å². The molecule has 0 aromatic carbocycles. The predicted octanol–water partition coefficient (Wildman–Crippen LogP) is 0.209. The lowest BCUT2D eigenvalue weighted by molar-refractivity contribution is 0.0464. The average molecular weight is 225 g/mol. The normalized spacial score (nSPS) is 21.2. The van der Waals surface area contributed by atoms with Gasteiger partial charge in [-0.2, -0.15) is 0 Å². The van der Waals surface area contributed by atoms with E-state index in [9.17, 15) is 0 Å². The molecule has 6 nitrogen and oxygen atoms in total. The summed E-state index contributed by atoms with van der Waals surface area (Å²) in [5.41, 5.74) is 0. The number of nitrogens with zero attached hydrogens (tertiary/aromatic N) is 4. The molecule has 1 aromatic heterocycles. The van der Waals surface area contributed by atoms with Crippen LogP contribution in [0.3, 0.4) is 0 Å². The van der Waals surface area contributed by atoms with Gasteiger partial charge < -0.3 is 10.1 Å². The van der Waals surface area contributed by atoms with Crippen LogP contribution in [0.2, 0.25) is 0 Å². The summed E-state index contributed by atoms with van der Waals surface area (Å²) in [6, 6.07) is 0. The minimum atomic E-state index is 0.553. The zero-order chi connectivity index (χ0) is 11.2. The van der Waals surface area contributed by atoms with Crippen LogP contribution in [0, 0.1) is 5.92 Å². The number of tetrazole rings is 1. The van der Waals surface area contributed by atoms with Gasteiger partial charge in [0.25, 0.3) is 0 Å². The Kier molecular flexibility index (Phi) is 4.24.